The highest BCUT2D eigenvalue weighted by Gasteiger charge is 1.98. The minimum atomic E-state index is 0.107. The van der Waals surface area contributed by atoms with Crippen molar-refractivity contribution in [2.24, 2.45) is 0 Å². The van der Waals surface area contributed by atoms with Gasteiger partial charge in [0.05, 0.1) is 6.61 Å². The van der Waals surface area contributed by atoms with Gasteiger partial charge in [-0.1, -0.05) is 61.9 Å². The average Bonchev–Trinajstić information content (AvgIpc) is 2.40. The van der Waals surface area contributed by atoms with Crippen LogP contribution in [-0.2, 0) is 13.0 Å². The van der Waals surface area contributed by atoms with Crippen LogP contribution in [0.25, 0.3) is 11.1 Å². The smallest absolute Gasteiger partial charge is 0.0681 e. The van der Waals surface area contributed by atoms with Crippen LogP contribution in [0.5, 0.6) is 0 Å². The second kappa shape index (κ2) is 5.65. The molecule has 0 heterocycles. The van der Waals surface area contributed by atoms with Gasteiger partial charge in [-0.15, -0.1) is 0 Å². The molecule has 1 heteroatoms. The van der Waals surface area contributed by atoms with Crippen molar-refractivity contribution in [1.29, 1.82) is 0 Å². The van der Waals surface area contributed by atoms with Gasteiger partial charge in [-0.25, -0.2) is 0 Å². The van der Waals surface area contributed by atoms with Gasteiger partial charge in [0.1, 0.15) is 0 Å². The van der Waals surface area contributed by atoms with Crippen molar-refractivity contribution in [3.63, 3.8) is 0 Å². The molecule has 0 fully saturated rings. The minimum Gasteiger partial charge on any atom is -0.392 e. The molecule has 0 aliphatic rings. The van der Waals surface area contributed by atoms with E-state index in [-0.39, 0.29) is 6.61 Å². The molecule has 1 N–H and O–H groups in total. The minimum absolute atomic E-state index is 0.107. The van der Waals surface area contributed by atoms with Crippen LogP contribution in [0.1, 0.15) is 24.5 Å². The molecule has 0 bridgehead atoms. The molecule has 0 aromatic heterocycles. The van der Waals surface area contributed by atoms with E-state index in [9.17, 15) is 0 Å². The molecule has 0 spiro atoms. The van der Waals surface area contributed by atoms with E-state index in [0.717, 1.165) is 12.0 Å². The molecule has 0 atom stereocenters. The number of benzene rings is 2. The summed E-state index contributed by atoms with van der Waals surface area (Å²) in [6.07, 6.45) is 2.33. The van der Waals surface area contributed by atoms with Crippen LogP contribution in [0.4, 0.5) is 0 Å². The first-order chi connectivity index (χ1) is 8.33. The van der Waals surface area contributed by atoms with Crippen LogP contribution in [0.2, 0.25) is 0 Å². The van der Waals surface area contributed by atoms with Crippen molar-refractivity contribution in [3.8, 4) is 11.1 Å². The SMILES string of the molecule is CCCc1ccc(-c2ccc(CO)cc2)cc1. The summed E-state index contributed by atoms with van der Waals surface area (Å²) >= 11 is 0. The van der Waals surface area contributed by atoms with Gasteiger partial charge in [-0.05, 0) is 28.7 Å². The van der Waals surface area contributed by atoms with Crippen molar-refractivity contribution in [2.75, 3.05) is 0 Å². The highest BCUT2D eigenvalue weighted by atomic mass is 16.3. The average molecular weight is 226 g/mol. The zero-order chi connectivity index (χ0) is 12.1. The lowest BCUT2D eigenvalue weighted by molar-refractivity contribution is 0.282. The standard InChI is InChI=1S/C16H18O/c1-2-3-13-4-8-15(9-5-13)16-10-6-14(12-17)7-11-16/h4-11,17H,2-3,12H2,1H3. The molecule has 0 unspecified atom stereocenters. The predicted molar refractivity (Wildman–Crippen MR) is 71.8 cm³/mol. The molecule has 2 aromatic carbocycles. The van der Waals surface area contributed by atoms with Gasteiger partial charge >= 0.3 is 0 Å². The van der Waals surface area contributed by atoms with E-state index in [1.54, 1.807) is 0 Å². The Morgan fingerprint density at radius 2 is 1.24 bits per heavy atom. The molecule has 88 valence electrons. The Kier molecular flexibility index (Phi) is 3.94. The lowest BCUT2D eigenvalue weighted by Gasteiger charge is -2.04. The summed E-state index contributed by atoms with van der Waals surface area (Å²) in [6, 6.07) is 16.8. The maximum absolute atomic E-state index is 8.99. The second-order valence-corrected chi connectivity index (χ2v) is 4.30. The molecule has 0 saturated heterocycles. The Bertz CT molecular complexity index is 454. The summed E-state index contributed by atoms with van der Waals surface area (Å²) in [7, 11) is 0. The third kappa shape index (κ3) is 2.95. The summed E-state index contributed by atoms with van der Waals surface area (Å²) < 4.78 is 0. The van der Waals surface area contributed by atoms with Crippen molar-refractivity contribution < 1.29 is 5.11 Å². The second-order valence-electron chi connectivity index (χ2n) is 4.30. The fraction of sp³-hybridized carbons (Fsp3) is 0.250. The molecule has 0 amide bonds. The summed E-state index contributed by atoms with van der Waals surface area (Å²) in [6.45, 7) is 2.30. The first-order valence-electron chi connectivity index (χ1n) is 6.12. The molecule has 1 nitrogen and oxygen atoms in total. The first-order valence-corrected chi connectivity index (χ1v) is 6.12. The molecule has 2 aromatic rings. The van der Waals surface area contributed by atoms with Gasteiger partial charge in [0.15, 0.2) is 0 Å². The third-order valence-corrected chi connectivity index (χ3v) is 2.96. The largest absolute Gasteiger partial charge is 0.392 e. The van der Waals surface area contributed by atoms with Gasteiger partial charge in [0.2, 0.25) is 0 Å². The topological polar surface area (TPSA) is 20.2 Å². The van der Waals surface area contributed by atoms with E-state index in [1.165, 1.54) is 23.1 Å². The van der Waals surface area contributed by atoms with Gasteiger partial charge in [-0.2, -0.15) is 0 Å². The van der Waals surface area contributed by atoms with E-state index in [4.69, 9.17) is 5.11 Å². The van der Waals surface area contributed by atoms with Crippen LogP contribution in [0.15, 0.2) is 48.5 Å². The van der Waals surface area contributed by atoms with Crippen LogP contribution < -0.4 is 0 Å². The Morgan fingerprint density at radius 3 is 1.65 bits per heavy atom. The molecule has 17 heavy (non-hydrogen) atoms. The van der Waals surface area contributed by atoms with Gasteiger partial charge < -0.3 is 5.11 Å². The monoisotopic (exact) mass is 226 g/mol. The zero-order valence-electron chi connectivity index (χ0n) is 10.2. The van der Waals surface area contributed by atoms with Gasteiger partial charge in [0.25, 0.3) is 0 Å². The van der Waals surface area contributed by atoms with Crippen molar-refractivity contribution in [3.05, 3.63) is 59.7 Å². The Labute approximate surface area is 103 Å². The quantitative estimate of drug-likeness (QED) is 0.840. The molecule has 0 aliphatic carbocycles. The number of hydrogen-bond acceptors (Lipinski definition) is 1. The van der Waals surface area contributed by atoms with Crippen molar-refractivity contribution in [2.45, 2.75) is 26.4 Å². The number of aliphatic hydroxyl groups is 1. The van der Waals surface area contributed by atoms with Crippen molar-refractivity contribution in [1.82, 2.24) is 0 Å². The molecule has 0 radical (unpaired) electrons. The van der Waals surface area contributed by atoms with Crippen LogP contribution in [-0.4, -0.2) is 5.11 Å². The predicted octanol–water partition coefficient (Wildman–Crippen LogP) is 3.80. The van der Waals surface area contributed by atoms with Crippen LogP contribution in [0, 0.1) is 0 Å². The van der Waals surface area contributed by atoms with Gasteiger partial charge in [-0.3, -0.25) is 0 Å². The van der Waals surface area contributed by atoms with Gasteiger partial charge in [0, 0.05) is 0 Å². The van der Waals surface area contributed by atoms with Crippen LogP contribution in [0.3, 0.4) is 0 Å². The molecular weight excluding hydrogens is 208 g/mol. The molecular formula is C16H18O. The Hall–Kier alpha value is -1.60. The normalized spacial score (nSPS) is 10.5. The summed E-state index contributed by atoms with van der Waals surface area (Å²) in [4.78, 5) is 0. The lowest BCUT2D eigenvalue weighted by Crippen LogP contribution is -1.85. The van der Waals surface area contributed by atoms with Crippen LogP contribution >= 0.6 is 0 Å². The Balaban J connectivity index is 2.20. The molecule has 0 aliphatic heterocycles. The number of aryl methyl sites for hydroxylation is 1. The Morgan fingerprint density at radius 1 is 0.765 bits per heavy atom. The highest BCUT2D eigenvalue weighted by Crippen LogP contribution is 2.20. The van der Waals surface area contributed by atoms with E-state index >= 15 is 0 Å². The molecule has 0 saturated carbocycles. The number of rotatable bonds is 4. The van der Waals surface area contributed by atoms with E-state index in [2.05, 4.69) is 43.3 Å². The fourth-order valence-electron chi connectivity index (χ4n) is 1.96. The van der Waals surface area contributed by atoms with E-state index < -0.39 is 0 Å². The third-order valence-electron chi connectivity index (χ3n) is 2.96. The lowest BCUT2D eigenvalue weighted by atomic mass is 10.0. The molecule has 2 rings (SSSR count). The maximum Gasteiger partial charge on any atom is 0.0681 e. The summed E-state index contributed by atoms with van der Waals surface area (Å²) in [5.41, 5.74) is 4.78. The maximum atomic E-state index is 8.99. The fourth-order valence-corrected chi connectivity index (χ4v) is 1.96. The zero-order valence-corrected chi connectivity index (χ0v) is 10.2. The van der Waals surface area contributed by atoms with Crippen molar-refractivity contribution >= 4 is 0 Å². The van der Waals surface area contributed by atoms with E-state index in [0.29, 0.717) is 0 Å². The summed E-state index contributed by atoms with van der Waals surface area (Å²) in [5.74, 6) is 0. The number of aliphatic hydroxyl groups excluding tert-OH is 1. The first kappa shape index (κ1) is 11.9. The summed E-state index contributed by atoms with van der Waals surface area (Å²) in [5, 5.41) is 8.99. The highest BCUT2D eigenvalue weighted by molar-refractivity contribution is 5.63. The number of hydrogen-bond donors (Lipinski definition) is 1. The van der Waals surface area contributed by atoms with E-state index in [1.807, 2.05) is 12.1 Å².